The molecule has 0 aliphatic carbocycles. The van der Waals surface area contributed by atoms with Crippen molar-refractivity contribution in [2.24, 2.45) is 0 Å². The Labute approximate surface area is 103 Å². The molecular formula is C13H11NO4. The van der Waals surface area contributed by atoms with Gasteiger partial charge in [-0.25, -0.2) is 4.79 Å². The molecule has 5 nitrogen and oxygen atoms in total. The molecule has 2 aromatic rings. The second-order valence-corrected chi connectivity index (χ2v) is 3.49. The molecule has 0 unspecified atom stereocenters. The normalized spacial score (nSPS) is 10.7. The fourth-order valence-corrected chi connectivity index (χ4v) is 1.44. The van der Waals surface area contributed by atoms with Crippen LogP contribution in [0.1, 0.15) is 21.8 Å². The Morgan fingerprint density at radius 3 is 2.83 bits per heavy atom. The Balaban J connectivity index is 2.21. The summed E-state index contributed by atoms with van der Waals surface area (Å²) in [5.74, 6) is -0.0132. The van der Waals surface area contributed by atoms with Crippen molar-refractivity contribution in [1.29, 1.82) is 0 Å². The highest BCUT2D eigenvalue weighted by Crippen LogP contribution is 2.20. The van der Waals surface area contributed by atoms with E-state index >= 15 is 0 Å². The predicted molar refractivity (Wildman–Crippen MR) is 65.4 cm³/mol. The van der Waals surface area contributed by atoms with Crippen molar-refractivity contribution in [3.63, 3.8) is 0 Å². The molecule has 1 aromatic heterocycles. The highest BCUT2D eigenvalue weighted by atomic mass is 16.5. The summed E-state index contributed by atoms with van der Waals surface area (Å²) in [4.78, 5) is 10.6. The number of carboxylic acids is 1. The Bertz CT molecular complexity index is 586. The van der Waals surface area contributed by atoms with Crippen LogP contribution in [0, 0.1) is 0 Å². The summed E-state index contributed by atoms with van der Waals surface area (Å²) in [6.07, 6.45) is 3.41. The largest absolute Gasteiger partial charge is 0.496 e. The van der Waals surface area contributed by atoms with Crippen LogP contribution in [0.4, 0.5) is 0 Å². The topological polar surface area (TPSA) is 72.6 Å². The summed E-state index contributed by atoms with van der Waals surface area (Å²) in [7, 11) is 1.59. The lowest BCUT2D eigenvalue weighted by atomic mass is 10.2. The molecule has 92 valence electrons. The van der Waals surface area contributed by atoms with Crippen molar-refractivity contribution in [2.75, 3.05) is 7.11 Å². The van der Waals surface area contributed by atoms with E-state index in [4.69, 9.17) is 14.4 Å². The van der Waals surface area contributed by atoms with Crippen LogP contribution in [0.5, 0.6) is 5.75 Å². The summed E-state index contributed by atoms with van der Waals surface area (Å²) in [5, 5.41) is 12.1. The average molecular weight is 245 g/mol. The number of nitrogens with zero attached hydrogens (tertiary/aromatic N) is 1. The van der Waals surface area contributed by atoms with Crippen molar-refractivity contribution in [1.82, 2.24) is 5.16 Å². The van der Waals surface area contributed by atoms with E-state index in [-0.39, 0.29) is 5.69 Å². The maximum atomic E-state index is 10.6. The standard InChI is InChI=1S/C13H11NO4/c1-17-12-5-3-2-4-9(12)6-7-10-8-11(13(15)16)14-18-10/h2-8H,1H3,(H,15,16)/b7-6+. The summed E-state index contributed by atoms with van der Waals surface area (Å²) < 4.78 is 10.0. The highest BCUT2D eigenvalue weighted by molar-refractivity contribution is 5.86. The zero-order valence-electron chi connectivity index (χ0n) is 9.66. The monoisotopic (exact) mass is 245 g/mol. The van der Waals surface area contributed by atoms with Crippen LogP contribution in [0.15, 0.2) is 34.9 Å². The Morgan fingerprint density at radius 1 is 1.39 bits per heavy atom. The first-order valence-electron chi connectivity index (χ1n) is 5.22. The van der Waals surface area contributed by atoms with Crippen LogP contribution in [-0.2, 0) is 0 Å². The van der Waals surface area contributed by atoms with Crippen LogP contribution in [-0.4, -0.2) is 23.3 Å². The number of aromatic nitrogens is 1. The van der Waals surface area contributed by atoms with Crippen LogP contribution < -0.4 is 4.74 Å². The number of methoxy groups -OCH3 is 1. The lowest BCUT2D eigenvalue weighted by molar-refractivity contribution is 0.0685. The first-order chi connectivity index (χ1) is 8.70. The van der Waals surface area contributed by atoms with Crippen LogP contribution in [0.25, 0.3) is 12.2 Å². The van der Waals surface area contributed by atoms with Crippen LogP contribution in [0.2, 0.25) is 0 Å². The van der Waals surface area contributed by atoms with Gasteiger partial charge < -0.3 is 14.4 Å². The number of hydrogen-bond acceptors (Lipinski definition) is 4. The second-order valence-electron chi connectivity index (χ2n) is 3.49. The number of carboxylic acid groups (broad SMARTS) is 1. The molecule has 1 heterocycles. The second kappa shape index (κ2) is 5.18. The summed E-state index contributed by atoms with van der Waals surface area (Å²) in [6.45, 7) is 0. The molecule has 0 amide bonds. The van der Waals surface area contributed by atoms with E-state index in [2.05, 4.69) is 5.16 Å². The Kier molecular flexibility index (Phi) is 3.43. The minimum Gasteiger partial charge on any atom is -0.496 e. The number of rotatable bonds is 4. The molecule has 0 fully saturated rings. The fraction of sp³-hybridized carbons (Fsp3) is 0.0769. The molecule has 1 aromatic carbocycles. The zero-order valence-corrected chi connectivity index (χ0v) is 9.66. The molecule has 2 rings (SSSR count). The van der Waals surface area contributed by atoms with Gasteiger partial charge in [-0.3, -0.25) is 0 Å². The number of carbonyl (C=O) groups is 1. The SMILES string of the molecule is COc1ccccc1/C=C/c1cc(C(=O)O)no1. The van der Waals surface area contributed by atoms with Gasteiger partial charge in [-0.15, -0.1) is 0 Å². The van der Waals surface area contributed by atoms with E-state index in [0.29, 0.717) is 5.76 Å². The van der Waals surface area contributed by atoms with Gasteiger partial charge in [-0.2, -0.15) is 0 Å². The number of para-hydroxylation sites is 1. The maximum absolute atomic E-state index is 10.6. The fourth-order valence-electron chi connectivity index (χ4n) is 1.44. The molecule has 0 atom stereocenters. The number of ether oxygens (including phenoxy) is 1. The van der Waals surface area contributed by atoms with E-state index in [1.807, 2.05) is 24.3 Å². The van der Waals surface area contributed by atoms with E-state index in [9.17, 15) is 4.79 Å². The van der Waals surface area contributed by atoms with Gasteiger partial charge in [-0.1, -0.05) is 23.4 Å². The Morgan fingerprint density at radius 2 is 2.17 bits per heavy atom. The molecule has 0 saturated carbocycles. The highest BCUT2D eigenvalue weighted by Gasteiger charge is 2.08. The predicted octanol–water partition coefficient (Wildman–Crippen LogP) is 2.55. The van der Waals surface area contributed by atoms with Gasteiger partial charge >= 0.3 is 5.97 Å². The summed E-state index contributed by atoms with van der Waals surface area (Å²) >= 11 is 0. The van der Waals surface area contributed by atoms with Crippen LogP contribution in [0.3, 0.4) is 0 Å². The molecule has 5 heteroatoms. The third kappa shape index (κ3) is 2.57. The minimum atomic E-state index is -1.12. The van der Waals surface area contributed by atoms with Gasteiger partial charge in [0.25, 0.3) is 0 Å². The lowest BCUT2D eigenvalue weighted by Crippen LogP contribution is -1.94. The average Bonchev–Trinajstić information content (AvgIpc) is 2.85. The van der Waals surface area contributed by atoms with Crippen molar-refractivity contribution < 1.29 is 19.2 Å². The van der Waals surface area contributed by atoms with E-state index < -0.39 is 5.97 Å². The molecule has 0 saturated heterocycles. The quantitative estimate of drug-likeness (QED) is 0.896. The van der Waals surface area contributed by atoms with Crippen molar-refractivity contribution in [3.05, 3.63) is 47.3 Å². The minimum absolute atomic E-state index is 0.116. The van der Waals surface area contributed by atoms with E-state index in [1.165, 1.54) is 6.07 Å². The van der Waals surface area contributed by atoms with Gasteiger partial charge in [0.05, 0.1) is 7.11 Å². The van der Waals surface area contributed by atoms with Crippen molar-refractivity contribution in [3.8, 4) is 5.75 Å². The first kappa shape index (κ1) is 11.9. The Hall–Kier alpha value is -2.56. The van der Waals surface area contributed by atoms with Gasteiger partial charge in [0.1, 0.15) is 5.75 Å². The smallest absolute Gasteiger partial charge is 0.358 e. The van der Waals surface area contributed by atoms with Crippen molar-refractivity contribution in [2.45, 2.75) is 0 Å². The zero-order chi connectivity index (χ0) is 13.0. The van der Waals surface area contributed by atoms with Crippen LogP contribution >= 0.6 is 0 Å². The van der Waals surface area contributed by atoms with Gasteiger partial charge in [0.2, 0.25) is 0 Å². The summed E-state index contributed by atoms with van der Waals surface area (Å²) in [6, 6.07) is 8.82. The molecule has 0 radical (unpaired) electrons. The third-order valence-electron chi connectivity index (χ3n) is 2.31. The molecule has 18 heavy (non-hydrogen) atoms. The molecule has 0 aliphatic rings. The number of aromatic carboxylic acids is 1. The number of hydrogen-bond donors (Lipinski definition) is 1. The third-order valence-corrected chi connectivity index (χ3v) is 2.31. The van der Waals surface area contributed by atoms with Gasteiger partial charge in [0, 0.05) is 11.6 Å². The summed E-state index contributed by atoms with van der Waals surface area (Å²) in [5.41, 5.74) is 0.753. The molecule has 0 bridgehead atoms. The van der Waals surface area contributed by atoms with E-state index in [0.717, 1.165) is 11.3 Å². The first-order valence-corrected chi connectivity index (χ1v) is 5.22. The van der Waals surface area contributed by atoms with E-state index in [1.54, 1.807) is 19.3 Å². The van der Waals surface area contributed by atoms with Gasteiger partial charge in [-0.05, 0) is 18.2 Å². The molecule has 0 spiro atoms. The lowest BCUT2D eigenvalue weighted by Gasteiger charge is -2.02. The molecular weight excluding hydrogens is 234 g/mol. The number of benzene rings is 1. The van der Waals surface area contributed by atoms with Crippen molar-refractivity contribution >= 4 is 18.1 Å². The molecule has 0 aliphatic heterocycles. The van der Waals surface area contributed by atoms with Gasteiger partial charge in [0.15, 0.2) is 11.5 Å². The maximum Gasteiger partial charge on any atom is 0.358 e. The molecule has 1 N–H and O–H groups in total.